The second-order valence-corrected chi connectivity index (χ2v) is 9.28. The van der Waals surface area contributed by atoms with Crippen molar-refractivity contribution in [3.63, 3.8) is 0 Å². The maximum absolute atomic E-state index is 12.1. The molecule has 0 aliphatic carbocycles. The molecule has 1 aromatic carbocycles. The minimum atomic E-state index is -0.0403. The lowest BCUT2D eigenvalue weighted by Gasteiger charge is -2.16. The number of carbonyl (C=O) groups excluding carboxylic acids is 1. The summed E-state index contributed by atoms with van der Waals surface area (Å²) in [6.07, 6.45) is 4.34. The summed E-state index contributed by atoms with van der Waals surface area (Å²) >= 11 is 1.68. The summed E-state index contributed by atoms with van der Waals surface area (Å²) in [5.74, 6) is 1.93. The summed E-state index contributed by atoms with van der Waals surface area (Å²) in [6.45, 7) is 8.85. The third kappa shape index (κ3) is 3.22. The van der Waals surface area contributed by atoms with E-state index in [4.69, 9.17) is 15.5 Å². The highest BCUT2D eigenvalue weighted by molar-refractivity contribution is 7.22. The molecule has 0 bridgehead atoms. The van der Waals surface area contributed by atoms with E-state index in [1.807, 2.05) is 11.8 Å². The minimum absolute atomic E-state index is 0.0403. The van der Waals surface area contributed by atoms with Gasteiger partial charge in [0, 0.05) is 29.7 Å². The standard InChI is InChI=1S/C24H25N5O2S/c1-5-20(30)28-7-6-16(11-28)29-12-17(21-23(25)26-14(3)27-24(21)29)19-10-15-8-13(2)9-18(31-4)22(15)32-19/h5,8-10,12,16H,1,6-7,11H2,2-4H3,(H2,25,26,27). The Morgan fingerprint density at radius 2 is 2.12 bits per heavy atom. The third-order valence-electron chi connectivity index (χ3n) is 6.07. The molecule has 3 aromatic heterocycles. The first-order chi connectivity index (χ1) is 15.4. The van der Waals surface area contributed by atoms with Crippen LogP contribution in [-0.2, 0) is 4.79 Å². The monoisotopic (exact) mass is 447 g/mol. The first-order valence-electron chi connectivity index (χ1n) is 10.5. The number of methoxy groups -OCH3 is 1. The van der Waals surface area contributed by atoms with Crippen molar-refractivity contribution in [3.05, 3.63) is 48.4 Å². The van der Waals surface area contributed by atoms with Gasteiger partial charge in [-0.2, -0.15) is 0 Å². The van der Waals surface area contributed by atoms with E-state index in [-0.39, 0.29) is 11.9 Å². The summed E-state index contributed by atoms with van der Waals surface area (Å²) in [5.41, 5.74) is 9.38. The molecule has 5 rings (SSSR count). The zero-order valence-electron chi connectivity index (χ0n) is 18.4. The average Bonchev–Trinajstić information content (AvgIpc) is 3.48. The average molecular weight is 448 g/mol. The largest absolute Gasteiger partial charge is 0.495 e. The van der Waals surface area contributed by atoms with Gasteiger partial charge in [-0.3, -0.25) is 4.79 Å². The molecule has 1 saturated heterocycles. The fraction of sp³-hybridized carbons (Fsp3) is 0.292. The van der Waals surface area contributed by atoms with Crippen molar-refractivity contribution in [1.29, 1.82) is 0 Å². The van der Waals surface area contributed by atoms with Crippen LogP contribution >= 0.6 is 11.3 Å². The summed E-state index contributed by atoms with van der Waals surface area (Å²) in [7, 11) is 1.70. The molecule has 4 aromatic rings. The Hall–Kier alpha value is -3.39. The molecule has 1 amide bonds. The number of thiophene rings is 1. The molecule has 1 aliphatic heterocycles. The Bertz CT molecular complexity index is 1390. The van der Waals surface area contributed by atoms with Crippen LogP contribution in [-0.4, -0.2) is 45.5 Å². The van der Waals surface area contributed by atoms with E-state index < -0.39 is 0 Å². The van der Waals surface area contributed by atoms with Crippen molar-refractivity contribution in [2.75, 3.05) is 25.9 Å². The summed E-state index contributed by atoms with van der Waals surface area (Å²) in [5, 5.41) is 1.99. The quantitative estimate of drug-likeness (QED) is 0.466. The van der Waals surface area contributed by atoms with Gasteiger partial charge in [-0.15, -0.1) is 11.3 Å². The molecule has 1 aliphatic rings. The van der Waals surface area contributed by atoms with E-state index in [2.05, 4.69) is 47.4 Å². The minimum Gasteiger partial charge on any atom is -0.495 e. The second-order valence-electron chi connectivity index (χ2n) is 8.23. The molecule has 1 unspecified atom stereocenters. The predicted molar refractivity (Wildman–Crippen MR) is 129 cm³/mol. The van der Waals surface area contributed by atoms with E-state index in [0.29, 0.717) is 24.7 Å². The second kappa shape index (κ2) is 7.63. The Kier molecular flexibility index (Phi) is 4.89. The van der Waals surface area contributed by atoms with Crippen LogP contribution in [0.25, 0.3) is 31.6 Å². The van der Waals surface area contributed by atoms with Crippen LogP contribution in [0.3, 0.4) is 0 Å². The number of hydrogen-bond acceptors (Lipinski definition) is 6. The zero-order chi connectivity index (χ0) is 22.6. The molecular formula is C24H25N5O2S. The first-order valence-corrected chi connectivity index (χ1v) is 11.4. The molecule has 2 N–H and O–H groups in total. The zero-order valence-corrected chi connectivity index (χ0v) is 19.2. The number of fused-ring (bicyclic) bond motifs is 2. The summed E-state index contributed by atoms with van der Waals surface area (Å²) in [4.78, 5) is 24.2. The third-order valence-corrected chi connectivity index (χ3v) is 7.27. The fourth-order valence-corrected chi connectivity index (χ4v) is 5.75. The Morgan fingerprint density at radius 1 is 1.31 bits per heavy atom. The maximum atomic E-state index is 12.1. The van der Waals surface area contributed by atoms with Crippen LogP contribution in [0, 0.1) is 13.8 Å². The normalized spacial score (nSPS) is 16.2. The number of anilines is 1. The van der Waals surface area contributed by atoms with Gasteiger partial charge in [-0.05, 0) is 49.4 Å². The number of amides is 1. The van der Waals surface area contributed by atoms with Crippen molar-refractivity contribution in [2.24, 2.45) is 0 Å². The number of nitrogens with zero attached hydrogens (tertiary/aromatic N) is 4. The highest BCUT2D eigenvalue weighted by Gasteiger charge is 2.29. The molecule has 4 heterocycles. The highest BCUT2D eigenvalue weighted by atomic mass is 32.1. The fourth-order valence-electron chi connectivity index (χ4n) is 4.60. The van der Waals surface area contributed by atoms with E-state index in [9.17, 15) is 4.79 Å². The van der Waals surface area contributed by atoms with Gasteiger partial charge < -0.3 is 19.9 Å². The van der Waals surface area contributed by atoms with Gasteiger partial charge in [-0.25, -0.2) is 9.97 Å². The number of nitrogen functional groups attached to an aromatic ring is 1. The number of aromatic nitrogens is 3. The topological polar surface area (TPSA) is 86.3 Å². The van der Waals surface area contributed by atoms with E-state index in [1.165, 1.54) is 6.08 Å². The molecule has 164 valence electrons. The number of carbonyl (C=O) groups is 1. The summed E-state index contributed by atoms with van der Waals surface area (Å²) < 4.78 is 8.89. The predicted octanol–water partition coefficient (Wildman–Crippen LogP) is 4.48. The molecule has 1 atom stereocenters. The number of ether oxygens (including phenoxy) is 1. The number of aryl methyl sites for hydroxylation is 2. The van der Waals surface area contributed by atoms with Gasteiger partial charge in [0.1, 0.15) is 23.0 Å². The van der Waals surface area contributed by atoms with Crippen molar-refractivity contribution in [2.45, 2.75) is 26.3 Å². The highest BCUT2D eigenvalue weighted by Crippen LogP contribution is 2.44. The van der Waals surface area contributed by atoms with Crippen molar-refractivity contribution < 1.29 is 9.53 Å². The van der Waals surface area contributed by atoms with Gasteiger partial charge in [0.15, 0.2) is 0 Å². The van der Waals surface area contributed by atoms with Gasteiger partial charge in [0.25, 0.3) is 0 Å². The van der Waals surface area contributed by atoms with Gasteiger partial charge in [-0.1, -0.05) is 12.6 Å². The lowest BCUT2D eigenvalue weighted by Crippen LogP contribution is -2.27. The molecule has 32 heavy (non-hydrogen) atoms. The number of benzene rings is 1. The van der Waals surface area contributed by atoms with Gasteiger partial charge >= 0.3 is 0 Å². The van der Waals surface area contributed by atoms with Crippen LogP contribution in [0.4, 0.5) is 5.82 Å². The molecule has 0 radical (unpaired) electrons. The lowest BCUT2D eigenvalue weighted by molar-refractivity contribution is -0.125. The van der Waals surface area contributed by atoms with E-state index >= 15 is 0 Å². The molecule has 0 spiro atoms. The van der Waals surface area contributed by atoms with Crippen LogP contribution in [0.1, 0.15) is 23.9 Å². The van der Waals surface area contributed by atoms with E-state index in [0.717, 1.165) is 49.3 Å². The maximum Gasteiger partial charge on any atom is 0.246 e. The van der Waals surface area contributed by atoms with Crippen LogP contribution in [0.2, 0.25) is 0 Å². The summed E-state index contributed by atoms with van der Waals surface area (Å²) in [6, 6.07) is 6.51. The molecule has 8 heteroatoms. The lowest BCUT2D eigenvalue weighted by atomic mass is 10.1. The van der Waals surface area contributed by atoms with E-state index in [1.54, 1.807) is 18.4 Å². The van der Waals surface area contributed by atoms with Crippen molar-refractivity contribution in [1.82, 2.24) is 19.4 Å². The molecule has 1 fully saturated rings. The number of hydrogen-bond donors (Lipinski definition) is 1. The van der Waals surface area contributed by atoms with Gasteiger partial charge in [0.2, 0.25) is 5.91 Å². The smallest absolute Gasteiger partial charge is 0.246 e. The SMILES string of the molecule is C=CC(=O)N1CCC(n2cc(-c3cc4cc(C)cc(OC)c4s3)c3c(N)nc(C)nc32)C1. The Balaban J connectivity index is 1.69. The van der Waals surface area contributed by atoms with Crippen LogP contribution in [0.5, 0.6) is 5.75 Å². The van der Waals surface area contributed by atoms with Gasteiger partial charge in [0.05, 0.1) is 23.2 Å². The number of likely N-dealkylation sites (tertiary alicyclic amines) is 1. The number of nitrogens with two attached hydrogens (primary N) is 1. The molecule has 7 nitrogen and oxygen atoms in total. The van der Waals surface area contributed by atoms with Crippen LogP contribution < -0.4 is 10.5 Å². The van der Waals surface area contributed by atoms with Crippen molar-refractivity contribution in [3.8, 4) is 16.2 Å². The number of rotatable bonds is 4. The Labute approximate surface area is 190 Å². The first kappa shape index (κ1) is 20.5. The van der Waals surface area contributed by atoms with Crippen LogP contribution in [0.15, 0.2) is 37.1 Å². The van der Waals surface area contributed by atoms with Crippen molar-refractivity contribution >= 4 is 44.2 Å². The Morgan fingerprint density at radius 3 is 2.88 bits per heavy atom. The molecular weight excluding hydrogens is 422 g/mol. The molecule has 0 saturated carbocycles.